The Hall–Kier alpha value is -2.62. The van der Waals surface area contributed by atoms with Crippen LogP contribution in [0, 0.1) is 5.41 Å². The van der Waals surface area contributed by atoms with E-state index in [9.17, 15) is 4.79 Å². The Balaban J connectivity index is 1.62. The molecule has 3 nitrogen and oxygen atoms in total. The van der Waals surface area contributed by atoms with Crippen LogP contribution in [0.15, 0.2) is 79.4 Å². The van der Waals surface area contributed by atoms with Gasteiger partial charge in [-0.3, -0.25) is 9.78 Å². The van der Waals surface area contributed by atoms with Gasteiger partial charge in [-0.25, -0.2) is 0 Å². The van der Waals surface area contributed by atoms with Gasteiger partial charge in [0.25, 0.3) is 0 Å². The fourth-order valence-electron chi connectivity index (χ4n) is 5.51. The van der Waals surface area contributed by atoms with E-state index in [2.05, 4.69) is 31.7 Å². The Bertz CT molecular complexity index is 1240. The van der Waals surface area contributed by atoms with Gasteiger partial charge < -0.3 is 4.90 Å². The highest BCUT2D eigenvalue weighted by Gasteiger charge is 2.49. The first kappa shape index (κ1) is 24.1. The van der Waals surface area contributed by atoms with Crippen molar-refractivity contribution in [1.82, 2.24) is 9.88 Å². The summed E-state index contributed by atoms with van der Waals surface area (Å²) >= 11 is 12.7. The lowest BCUT2D eigenvalue weighted by Gasteiger charge is -2.49. The van der Waals surface area contributed by atoms with Crippen molar-refractivity contribution >= 4 is 29.1 Å². The highest BCUT2D eigenvalue weighted by atomic mass is 35.5. The number of aromatic nitrogens is 1. The second-order valence-corrected chi connectivity index (χ2v) is 11.0. The number of carbonyl (C=O) groups excluding carboxylic acids is 1. The molecule has 0 spiro atoms. The number of allylic oxidation sites excluding steroid dienone is 1. The second-order valence-electron chi connectivity index (χ2n) is 10.2. The summed E-state index contributed by atoms with van der Waals surface area (Å²) in [6.07, 6.45) is 5.57. The van der Waals surface area contributed by atoms with Gasteiger partial charge in [0.1, 0.15) is 0 Å². The van der Waals surface area contributed by atoms with Crippen LogP contribution in [0.4, 0.5) is 0 Å². The Morgan fingerprint density at radius 1 is 1.03 bits per heavy atom. The third-order valence-corrected chi connectivity index (χ3v) is 7.89. The number of benzene rings is 2. The van der Waals surface area contributed by atoms with E-state index in [0.717, 1.165) is 22.5 Å². The van der Waals surface area contributed by atoms with E-state index in [4.69, 9.17) is 28.2 Å². The Labute approximate surface area is 217 Å². The van der Waals surface area contributed by atoms with Gasteiger partial charge in [-0.2, -0.15) is 0 Å². The number of hydrogen-bond acceptors (Lipinski definition) is 2. The quantitative estimate of drug-likeness (QED) is 0.304. The van der Waals surface area contributed by atoms with Crippen molar-refractivity contribution in [2.75, 3.05) is 0 Å². The van der Waals surface area contributed by atoms with E-state index < -0.39 is 5.41 Å². The topological polar surface area (TPSA) is 33.2 Å². The molecule has 1 saturated carbocycles. The Morgan fingerprint density at radius 3 is 2.46 bits per heavy atom. The number of amides is 1. The molecule has 180 valence electrons. The van der Waals surface area contributed by atoms with Gasteiger partial charge in [-0.15, -0.1) is 6.58 Å². The van der Waals surface area contributed by atoms with Gasteiger partial charge in [-0.05, 0) is 73.2 Å². The van der Waals surface area contributed by atoms with Crippen LogP contribution in [-0.2, 0) is 11.3 Å². The molecule has 1 saturated heterocycles. The van der Waals surface area contributed by atoms with Gasteiger partial charge in [0.05, 0.1) is 23.7 Å². The third-order valence-electron chi connectivity index (χ3n) is 7.40. The van der Waals surface area contributed by atoms with Crippen molar-refractivity contribution in [3.05, 3.63) is 112 Å². The molecule has 3 atom stereocenters. The summed E-state index contributed by atoms with van der Waals surface area (Å²) in [5, 5.41) is 1.38. The van der Waals surface area contributed by atoms with Gasteiger partial charge in [0, 0.05) is 27.6 Å². The summed E-state index contributed by atoms with van der Waals surface area (Å²) in [4.78, 5) is 21.1. The number of pyridine rings is 1. The van der Waals surface area contributed by atoms with E-state index in [1.54, 1.807) is 0 Å². The van der Waals surface area contributed by atoms with Gasteiger partial charge in [0.15, 0.2) is 0 Å². The standard InChI is InChI=1S/C30H30Cl2N2O/c1-3-16-30(2)18-26(22-6-4-7-24(32)17-22)28(21-12-14-23(31)15-13-21)34(29(30)35)19-25-8-5-9-27(33-25)20-10-11-20/h3-9,12-15,17,20,26,28H,1,10-11,16,18-19H2,2H3/t26-,28-,30+/m1/s1. The van der Waals surface area contributed by atoms with Crippen molar-refractivity contribution in [2.24, 2.45) is 5.41 Å². The molecule has 2 aromatic carbocycles. The average molecular weight is 505 g/mol. The van der Waals surface area contributed by atoms with E-state index in [0.29, 0.717) is 35.3 Å². The lowest BCUT2D eigenvalue weighted by molar-refractivity contribution is -0.151. The number of likely N-dealkylation sites (tertiary alicyclic amines) is 1. The second kappa shape index (κ2) is 9.79. The molecule has 3 aromatic rings. The molecule has 0 N–H and O–H groups in total. The van der Waals surface area contributed by atoms with Crippen molar-refractivity contribution in [3.8, 4) is 0 Å². The summed E-state index contributed by atoms with van der Waals surface area (Å²) < 4.78 is 0. The number of hydrogen-bond donors (Lipinski definition) is 0. The highest BCUT2D eigenvalue weighted by molar-refractivity contribution is 6.30. The zero-order chi connectivity index (χ0) is 24.6. The lowest BCUT2D eigenvalue weighted by Crippen LogP contribution is -2.51. The fraction of sp³-hybridized carbons (Fsp3) is 0.333. The number of nitrogens with zero attached hydrogens (tertiary/aromatic N) is 2. The lowest BCUT2D eigenvalue weighted by atomic mass is 9.67. The summed E-state index contributed by atoms with van der Waals surface area (Å²) in [6, 6.07) is 21.9. The molecule has 5 rings (SSSR count). The maximum atomic E-state index is 14.2. The average Bonchev–Trinajstić information content (AvgIpc) is 3.69. The number of carbonyl (C=O) groups is 1. The summed E-state index contributed by atoms with van der Waals surface area (Å²) in [5.41, 5.74) is 3.69. The predicted molar refractivity (Wildman–Crippen MR) is 143 cm³/mol. The zero-order valence-corrected chi connectivity index (χ0v) is 21.5. The molecular weight excluding hydrogens is 475 g/mol. The molecule has 1 aromatic heterocycles. The van der Waals surface area contributed by atoms with Crippen molar-refractivity contribution in [2.45, 2.75) is 57.0 Å². The van der Waals surface area contributed by atoms with E-state index in [1.165, 1.54) is 12.8 Å². The minimum atomic E-state index is -0.564. The van der Waals surface area contributed by atoms with Crippen LogP contribution in [-0.4, -0.2) is 15.8 Å². The largest absolute Gasteiger partial charge is 0.329 e. The van der Waals surface area contributed by atoms with Crippen molar-refractivity contribution in [3.63, 3.8) is 0 Å². The zero-order valence-electron chi connectivity index (χ0n) is 20.0. The molecule has 0 unspecified atom stereocenters. The van der Waals surface area contributed by atoms with Crippen LogP contribution in [0.2, 0.25) is 10.0 Å². The first-order valence-corrected chi connectivity index (χ1v) is 13.0. The van der Waals surface area contributed by atoms with Crippen LogP contribution in [0.1, 0.15) is 73.0 Å². The Kier molecular flexibility index (Phi) is 6.74. The summed E-state index contributed by atoms with van der Waals surface area (Å²) in [5.74, 6) is 0.753. The van der Waals surface area contributed by atoms with Gasteiger partial charge in [-0.1, -0.05) is 66.5 Å². The SMILES string of the molecule is C=CC[C@@]1(C)C[C@H](c2cccc(Cl)c2)[C@@H](c2ccc(Cl)cc2)N(Cc2cccc(C3CC3)n2)C1=O. The van der Waals surface area contributed by atoms with Crippen LogP contribution in [0.25, 0.3) is 0 Å². The monoisotopic (exact) mass is 504 g/mol. The molecule has 0 bridgehead atoms. The van der Waals surface area contributed by atoms with Gasteiger partial charge >= 0.3 is 0 Å². The smallest absolute Gasteiger partial charge is 0.229 e. The summed E-state index contributed by atoms with van der Waals surface area (Å²) in [6.45, 7) is 6.48. The number of halogens is 2. The fourth-order valence-corrected chi connectivity index (χ4v) is 5.84. The molecule has 2 fully saturated rings. The molecule has 0 radical (unpaired) electrons. The minimum absolute atomic E-state index is 0.0594. The third kappa shape index (κ3) is 5.03. The highest BCUT2D eigenvalue weighted by Crippen LogP contribution is 2.51. The van der Waals surface area contributed by atoms with E-state index >= 15 is 0 Å². The normalized spacial score (nSPS) is 24.4. The molecule has 1 amide bonds. The molecule has 1 aliphatic heterocycles. The van der Waals surface area contributed by atoms with E-state index in [-0.39, 0.29) is 17.9 Å². The summed E-state index contributed by atoms with van der Waals surface area (Å²) in [7, 11) is 0. The molecule has 1 aliphatic carbocycles. The Morgan fingerprint density at radius 2 is 1.77 bits per heavy atom. The van der Waals surface area contributed by atoms with Crippen LogP contribution < -0.4 is 0 Å². The van der Waals surface area contributed by atoms with Crippen molar-refractivity contribution in [1.29, 1.82) is 0 Å². The molecular formula is C30H30Cl2N2O. The molecule has 5 heteroatoms. The number of rotatable bonds is 7. The van der Waals surface area contributed by atoms with Crippen LogP contribution in [0.3, 0.4) is 0 Å². The molecule has 2 heterocycles. The van der Waals surface area contributed by atoms with E-state index in [1.807, 2.05) is 59.5 Å². The van der Waals surface area contributed by atoms with Crippen LogP contribution in [0.5, 0.6) is 0 Å². The van der Waals surface area contributed by atoms with Crippen molar-refractivity contribution < 1.29 is 4.79 Å². The number of piperidine rings is 1. The molecule has 35 heavy (non-hydrogen) atoms. The maximum absolute atomic E-state index is 14.2. The van der Waals surface area contributed by atoms with Crippen LogP contribution >= 0.6 is 23.2 Å². The predicted octanol–water partition coefficient (Wildman–Crippen LogP) is 8.11. The minimum Gasteiger partial charge on any atom is -0.329 e. The first-order chi connectivity index (χ1) is 16.9. The molecule has 2 aliphatic rings. The van der Waals surface area contributed by atoms with Gasteiger partial charge in [0.2, 0.25) is 5.91 Å². The maximum Gasteiger partial charge on any atom is 0.229 e. The first-order valence-electron chi connectivity index (χ1n) is 12.3.